The molecule has 0 aromatic heterocycles. The highest BCUT2D eigenvalue weighted by molar-refractivity contribution is 5.94. The maximum atomic E-state index is 12.4. The van der Waals surface area contributed by atoms with Gasteiger partial charge in [0.25, 0.3) is 5.91 Å². The number of nitrogens with one attached hydrogen (secondary N) is 1. The van der Waals surface area contributed by atoms with Gasteiger partial charge in [-0.3, -0.25) is 4.79 Å². The van der Waals surface area contributed by atoms with Crippen molar-refractivity contribution < 1.29 is 39.1 Å². The number of rotatable bonds is 12. The third-order valence-corrected chi connectivity index (χ3v) is 5.82. The van der Waals surface area contributed by atoms with Crippen molar-refractivity contribution in [1.82, 2.24) is 5.32 Å². The van der Waals surface area contributed by atoms with Crippen molar-refractivity contribution >= 4 is 11.7 Å². The fourth-order valence-electron chi connectivity index (χ4n) is 4.02. The van der Waals surface area contributed by atoms with E-state index in [0.717, 1.165) is 6.42 Å². The summed E-state index contributed by atoms with van der Waals surface area (Å²) in [5.74, 6) is 1.000. The molecule has 1 aliphatic rings. The molecule has 0 radical (unpaired) electrons. The lowest BCUT2D eigenvalue weighted by atomic mass is 9.92. The molecular weight excluding hydrogens is 430 g/mol. The van der Waals surface area contributed by atoms with Gasteiger partial charge in [0.05, 0.1) is 13.7 Å². The van der Waals surface area contributed by atoms with Crippen molar-refractivity contribution in [1.29, 1.82) is 0 Å². The molecule has 1 amide bonds. The molecule has 0 saturated carbocycles. The number of ether oxygens (including phenoxy) is 3. The van der Waals surface area contributed by atoms with E-state index < -0.39 is 30.7 Å². The number of carbonyl (C=O) groups is 2. The van der Waals surface area contributed by atoms with Crippen LogP contribution in [-0.2, 0) is 14.3 Å². The summed E-state index contributed by atoms with van der Waals surface area (Å²) in [7, 11) is 1.53. The van der Waals surface area contributed by atoms with Crippen LogP contribution in [-0.4, -0.2) is 78.0 Å². The molecule has 9 heteroatoms. The van der Waals surface area contributed by atoms with E-state index in [1.54, 1.807) is 31.2 Å². The van der Waals surface area contributed by atoms with Crippen LogP contribution in [0.15, 0.2) is 24.3 Å². The maximum Gasteiger partial charge on any atom is 0.251 e. The summed E-state index contributed by atoms with van der Waals surface area (Å²) in [6.07, 6.45) is -4.26. The first-order valence-corrected chi connectivity index (χ1v) is 11.3. The van der Waals surface area contributed by atoms with Gasteiger partial charge < -0.3 is 39.6 Å². The summed E-state index contributed by atoms with van der Waals surface area (Å²) in [6, 6.07) is 6.53. The summed E-state index contributed by atoms with van der Waals surface area (Å²) in [5, 5.41) is 33.4. The van der Waals surface area contributed by atoms with Gasteiger partial charge in [-0.2, -0.15) is 0 Å². The Morgan fingerprint density at radius 1 is 1.06 bits per heavy atom. The molecule has 0 bridgehead atoms. The van der Waals surface area contributed by atoms with Crippen molar-refractivity contribution in [2.24, 2.45) is 11.8 Å². The summed E-state index contributed by atoms with van der Waals surface area (Å²) >= 11 is 0. The fourth-order valence-corrected chi connectivity index (χ4v) is 4.02. The minimum Gasteiger partial charge on any atom is -0.497 e. The van der Waals surface area contributed by atoms with Gasteiger partial charge in [-0.15, -0.1) is 0 Å². The normalized spacial score (nSPS) is 26.9. The second-order valence-corrected chi connectivity index (χ2v) is 8.96. The minimum atomic E-state index is -1.47. The molecule has 1 aromatic carbocycles. The van der Waals surface area contributed by atoms with Gasteiger partial charge in [-0.25, -0.2) is 0 Å². The van der Waals surface area contributed by atoms with E-state index >= 15 is 0 Å². The molecule has 1 heterocycles. The van der Waals surface area contributed by atoms with Crippen LogP contribution < -0.4 is 10.1 Å². The molecule has 186 valence electrons. The van der Waals surface area contributed by atoms with E-state index in [9.17, 15) is 24.9 Å². The van der Waals surface area contributed by atoms with Gasteiger partial charge in [-0.1, -0.05) is 13.8 Å². The largest absolute Gasteiger partial charge is 0.497 e. The van der Waals surface area contributed by atoms with Crippen molar-refractivity contribution in [2.45, 2.75) is 70.7 Å². The second-order valence-electron chi connectivity index (χ2n) is 8.96. The zero-order chi connectivity index (χ0) is 24.5. The number of ketones is 1. The Hall–Kier alpha value is -2.04. The Balaban J connectivity index is 1.84. The van der Waals surface area contributed by atoms with Crippen LogP contribution in [0.5, 0.6) is 5.75 Å². The average molecular weight is 468 g/mol. The highest BCUT2D eigenvalue weighted by atomic mass is 16.7. The van der Waals surface area contributed by atoms with Crippen LogP contribution >= 0.6 is 0 Å². The van der Waals surface area contributed by atoms with Crippen molar-refractivity contribution in [2.75, 3.05) is 20.3 Å². The van der Waals surface area contributed by atoms with Crippen LogP contribution in [0, 0.1) is 11.8 Å². The molecule has 5 unspecified atom stereocenters. The molecule has 2 rings (SSSR count). The van der Waals surface area contributed by atoms with Crippen LogP contribution in [0.4, 0.5) is 0 Å². The van der Waals surface area contributed by atoms with E-state index in [-0.39, 0.29) is 30.8 Å². The van der Waals surface area contributed by atoms with E-state index in [2.05, 4.69) is 12.2 Å². The lowest BCUT2D eigenvalue weighted by Gasteiger charge is -2.40. The van der Waals surface area contributed by atoms with Crippen LogP contribution in [0.2, 0.25) is 0 Å². The number of carbonyl (C=O) groups excluding carboxylic acids is 2. The quantitative estimate of drug-likeness (QED) is 0.361. The number of hydrogen-bond donors (Lipinski definition) is 4. The predicted molar refractivity (Wildman–Crippen MR) is 121 cm³/mol. The molecule has 0 spiro atoms. The molecule has 0 aliphatic carbocycles. The Labute approximate surface area is 195 Å². The Morgan fingerprint density at radius 3 is 2.33 bits per heavy atom. The number of hydrogen-bond acceptors (Lipinski definition) is 8. The molecule has 1 saturated heterocycles. The lowest BCUT2D eigenvalue weighted by molar-refractivity contribution is -0.295. The van der Waals surface area contributed by atoms with Gasteiger partial charge in [0, 0.05) is 18.5 Å². The number of Topliss-reactive ketones (excluding diaryl/α,β-unsaturated/α-hetero) is 1. The highest BCUT2D eigenvalue weighted by Gasteiger charge is 2.44. The van der Waals surface area contributed by atoms with E-state index in [0.29, 0.717) is 30.1 Å². The first kappa shape index (κ1) is 27.2. The molecule has 9 nitrogen and oxygen atoms in total. The number of amides is 1. The second kappa shape index (κ2) is 13.0. The topological polar surface area (TPSA) is 135 Å². The standard InChI is InChI=1S/C24H37NO8/c1-14(11-15(2)12-16(3)26)9-10-32-24-22(29)21(28)20(27)19(33-24)13-25-23(30)17-5-7-18(31-4)8-6-17/h5-8,14-15,19-22,24,27-29H,9-13H2,1-4H3,(H,25,30)/t14?,15?,19?,20-,21?,22?,24-/m1/s1. The summed E-state index contributed by atoms with van der Waals surface area (Å²) in [4.78, 5) is 23.6. The Bertz CT molecular complexity index is 755. The molecular formula is C24H37NO8. The first-order chi connectivity index (χ1) is 15.6. The maximum absolute atomic E-state index is 12.4. The smallest absolute Gasteiger partial charge is 0.251 e. The third kappa shape index (κ3) is 8.35. The van der Waals surface area contributed by atoms with Gasteiger partial charge >= 0.3 is 0 Å². The van der Waals surface area contributed by atoms with Crippen molar-refractivity contribution in [3.8, 4) is 5.75 Å². The Kier molecular flexibility index (Phi) is 10.7. The summed E-state index contributed by atoms with van der Waals surface area (Å²) < 4.78 is 16.4. The number of benzene rings is 1. The number of aliphatic hydroxyl groups is 3. The zero-order valence-corrected chi connectivity index (χ0v) is 19.8. The molecule has 33 heavy (non-hydrogen) atoms. The number of methoxy groups -OCH3 is 1. The van der Waals surface area contributed by atoms with Gasteiger partial charge in [0.15, 0.2) is 6.29 Å². The monoisotopic (exact) mass is 467 g/mol. The van der Waals surface area contributed by atoms with Crippen LogP contribution in [0.1, 0.15) is 50.4 Å². The first-order valence-electron chi connectivity index (χ1n) is 11.3. The van der Waals surface area contributed by atoms with E-state index in [1.165, 1.54) is 7.11 Å². The minimum absolute atomic E-state index is 0.0748. The highest BCUT2D eigenvalue weighted by Crippen LogP contribution is 2.24. The van der Waals surface area contributed by atoms with Crippen LogP contribution in [0.25, 0.3) is 0 Å². The molecule has 4 N–H and O–H groups in total. The molecule has 1 aromatic rings. The molecule has 1 fully saturated rings. The molecule has 1 aliphatic heterocycles. The average Bonchev–Trinajstić information content (AvgIpc) is 2.77. The predicted octanol–water partition coefficient (Wildman–Crippen LogP) is 1.28. The fraction of sp³-hybridized carbons (Fsp3) is 0.667. The van der Waals surface area contributed by atoms with Crippen molar-refractivity contribution in [3.05, 3.63) is 29.8 Å². The van der Waals surface area contributed by atoms with E-state index in [4.69, 9.17) is 14.2 Å². The summed E-state index contributed by atoms with van der Waals surface area (Å²) in [6.45, 7) is 5.89. The third-order valence-electron chi connectivity index (χ3n) is 5.82. The molecule has 7 atom stereocenters. The van der Waals surface area contributed by atoms with Crippen molar-refractivity contribution in [3.63, 3.8) is 0 Å². The SMILES string of the molecule is COc1ccc(C(=O)NCC2O[C@@H](OCCC(C)CC(C)CC(C)=O)C(O)C(O)[C@@H]2O)cc1. The number of aliphatic hydroxyl groups excluding tert-OH is 3. The Morgan fingerprint density at radius 2 is 1.73 bits per heavy atom. The van der Waals surface area contributed by atoms with Gasteiger partial charge in [0.1, 0.15) is 35.9 Å². The summed E-state index contributed by atoms with van der Waals surface area (Å²) in [5.41, 5.74) is 0.405. The lowest BCUT2D eigenvalue weighted by Crippen LogP contribution is -2.60. The van der Waals surface area contributed by atoms with Crippen LogP contribution in [0.3, 0.4) is 0 Å². The van der Waals surface area contributed by atoms with E-state index in [1.807, 2.05) is 6.92 Å². The van der Waals surface area contributed by atoms with Gasteiger partial charge in [-0.05, 0) is 55.9 Å². The zero-order valence-electron chi connectivity index (χ0n) is 19.8. The van der Waals surface area contributed by atoms with Gasteiger partial charge in [0.2, 0.25) is 0 Å².